The van der Waals surface area contributed by atoms with Crippen molar-refractivity contribution < 1.29 is 13.2 Å². The van der Waals surface area contributed by atoms with Crippen LogP contribution >= 0.6 is 0 Å². The molecule has 1 saturated heterocycles. The molecule has 0 aliphatic carbocycles. The molecule has 5 nitrogen and oxygen atoms in total. The van der Waals surface area contributed by atoms with Crippen molar-refractivity contribution in [3.63, 3.8) is 0 Å². The number of carbonyl (C=O) groups is 1. The molecule has 1 aliphatic rings. The number of sulfonamides is 1. The number of nitrogens with one attached hydrogen (secondary N) is 1. The summed E-state index contributed by atoms with van der Waals surface area (Å²) in [5.74, 6) is -0.0966. The molecule has 2 aromatic rings. The highest BCUT2D eigenvalue weighted by Crippen LogP contribution is 2.22. The predicted octanol–water partition coefficient (Wildman–Crippen LogP) is 4.12. The maximum Gasteiger partial charge on any atom is 0.261 e. The van der Waals surface area contributed by atoms with Crippen molar-refractivity contribution in [1.29, 1.82) is 0 Å². The molecule has 0 radical (unpaired) electrons. The van der Waals surface area contributed by atoms with Gasteiger partial charge >= 0.3 is 0 Å². The van der Waals surface area contributed by atoms with Crippen molar-refractivity contribution >= 4 is 21.6 Å². The molecule has 0 atom stereocenters. The van der Waals surface area contributed by atoms with E-state index in [1.807, 2.05) is 30.9 Å². The van der Waals surface area contributed by atoms with Gasteiger partial charge in [-0.25, -0.2) is 8.42 Å². The van der Waals surface area contributed by atoms with Crippen molar-refractivity contribution in [2.24, 2.45) is 0 Å². The molecule has 27 heavy (non-hydrogen) atoms. The molecule has 1 N–H and O–H groups in total. The average Bonchev–Trinajstić information content (AvgIpc) is 2.93. The molecule has 0 bridgehead atoms. The number of rotatable bonds is 4. The van der Waals surface area contributed by atoms with Gasteiger partial charge in [-0.1, -0.05) is 31.0 Å². The van der Waals surface area contributed by atoms with Crippen LogP contribution in [0.1, 0.15) is 47.2 Å². The number of carbonyl (C=O) groups excluding carboxylic acids is 1. The number of hydrogen-bond acceptors (Lipinski definition) is 3. The van der Waals surface area contributed by atoms with Gasteiger partial charge < -0.3 is 4.90 Å². The molecule has 3 rings (SSSR count). The van der Waals surface area contributed by atoms with Crippen LogP contribution in [0.4, 0.5) is 5.69 Å². The van der Waals surface area contributed by atoms with E-state index in [1.165, 1.54) is 12.1 Å². The van der Waals surface area contributed by atoms with Gasteiger partial charge in [-0.15, -0.1) is 0 Å². The van der Waals surface area contributed by atoms with E-state index in [4.69, 9.17) is 0 Å². The van der Waals surface area contributed by atoms with E-state index in [0.29, 0.717) is 11.3 Å². The summed E-state index contributed by atoms with van der Waals surface area (Å²) >= 11 is 0. The lowest BCUT2D eigenvalue weighted by Gasteiger charge is -2.20. The fourth-order valence-electron chi connectivity index (χ4n) is 3.30. The Morgan fingerprint density at radius 1 is 0.963 bits per heavy atom. The minimum atomic E-state index is -3.77. The van der Waals surface area contributed by atoms with Gasteiger partial charge in [-0.2, -0.15) is 0 Å². The molecule has 0 unspecified atom stereocenters. The van der Waals surface area contributed by atoms with Crippen LogP contribution in [0, 0.1) is 13.8 Å². The monoisotopic (exact) mass is 386 g/mol. The maximum absolute atomic E-state index is 12.8. The summed E-state index contributed by atoms with van der Waals surface area (Å²) in [5.41, 5.74) is 2.80. The lowest BCUT2D eigenvalue weighted by atomic mass is 10.1. The average molecular weight is 387 g/mol. The van der Waals surface area contributed by atoms with E-state index in [9.17, 15) is 13.2 Å². The van der Waals surface area contributed by atoms with Crippen LogP contribution in [0.15, 0.2) is 47.4 Å². The number of benzene rings is 2. The zero-order chi connectivity index (χ0) is 19.4. The van der Waals surface area contributed by atoms with Gasteiger partial charge in [0.15, 0.2) is 0 Å². The number of anilines is 1. The molecule has 1 amide bonds. The van der Waals surface area contributed by atoms with Crippen molar-refractivity contribution in [3.05, 3.63) is 59.2 Å². The lowest BCUT2D eigenvalue weighted by molar-refractivity contribution is 0.0761. The standard InChI is InChI=1S/C21H26N2O3S/c1-16-10-11-17(2)20(14-16)22-27(25,26)19-9-7-8-18(15-19)21(24)23-12-5-3-4-6-13-23/h7-11,14-15,22H,3-6,12-13H2,1-2H3. The summed E-state index contributed by atoms with van der Waals surface area (Å²) in [6.45, 7) is 5.24. The Morgan fingerprint density at radius 2 is 1.67 bits per heavy atom. The first kappa shape index (κ1) is 19.4. The second-order valence-corrected chi connectivity index (χ2v) is 8.84. The molecule has 6 heteroatoms. The summed E-state index contributed by atoms with van der Waals surface area (Å²) in [4.78, 5) is 14.7. The second kappa shape index (κ2) is 8.13. The minimum Gasteiger partial charge on any atom is -0.339 e. The van der Waals surface area contributed by atoms with Gasteiger partial charge in [0.25, 0.3) is 15.9 Å². The van der Waals surface area contributed by atoms with E-state index in [-0.39, 0.29) is 10.8 Å². The van der Waals surface area contributed by atoms with Gasteiger partial charge in [0.05, 0.1) is 10.6 Å². The molecule has 2 aromatic carbocycles. The predicted molar refractivity (Wildman–Crippen MR) is 108 cm³/mol. The number of likely N-dealkylation sites (tertiary alicyclic amines) is 1. The quantitative estimate of drug-likeness (QED) is 0.859. The Bertz CT molecular complexity index is 930. The van der Waals surface area contributed by atoms with Gasteiger partial charge in [0.2, 0.25) is 0 Å². The lowest BCUT2D eigenvalue weighted by Crippen LogP contribution is -2.32. The third kappa shape index (κ3) is 4.69. The summed E-state index contributed by atoms with van der Waals surface area (Å²) in [5, 5.41) is 0. The van der Waals surface area contributed by atoms with E-state index >= 15 is 0 Å². The van der Waals surface area contributed by atoms with Crippen LogP contribution in [-0.2, 0) is 10.0 Å². The number of aryl methyl sites for hydroxylation is 2. The number of nitrogens with zero attached hydrogens (tertiary/aromatic N) is 1. The molecular formula is C21H26N2O3S. The summed E-state index contributed by atoms with van der Waals surface area (Å²) in [7, 11) is -3.77. The zero-order valence-corrected chi connectivity index (χ0v) is 16.7. The fourth-order valence-corrected chi connectivity index (χ4v) is 4.47. The van der Waals surface area contributed by atoms with E-state index in [2.05, 4.69) is 4.72 Å². The van der Waals surface area contributed by atoms with Crippen LogP contribution in [0.3, 0.4) is 0 Å². The summed E-state index contributed by atoms with van der Waals surface area (Å²) in [6, 6.07) is 11.9. The zero-order valence-electron chi connectivity index (χ0n) is 15.9. The normalized spacial score (nSPS) is 15.3. The van der Waals surface area contributed by atoms with Crippen molar-refractivity contribution in [2.45, 2.75) is 44.4 Å². The molecular weight excluding hydrogens is 360 g/mol. The Labute approximate surface area is 161 Å². The molecule has 0 aromatic heterocycles. The largest absolute Gasteiger partial charge is 0.339 e. The van der Waals surface area contributed by atoms with Crippen LogP contribution in [0.25, 0.3) is 0 Å². The van der Waals surface area contributed by atoms with E-state index in [1.54, 1.807) is 18.2 Å². The van der Waals surface area contributed by atoms with Crippen molar-refractivity contribution in [3.8, 4) is 0 Å². The van der Waals surface area contributed by atoms with Crippen molar-refractivity contribution in [1.82, 2.24) is 4.90 Å². The Morgan fingerprint density at radius 3 is 2.37 bits per heavy atom. The molecule has 0 saturated carbocycles. The third-order valence-corrected chi connectivity index (χ3v) is 6.29. The van der Waals surface area contributed by atoms with Gasteiger partial charge in [0, 0.05) is 18.7 Å². The first-order chi connectivity index (χ1) is 12.9. The molecule has 1 heterocycles. The van der Waals surface area contributed by atoms with Gasteiger partial charge in [-0.3, -0.25) is 9.52 Å². The first-order valence-corrected chi connectivity index (χ1v) is 10.8. The van der Waals surface area contributed by atoms with E-state index < -0.39 is 10.0 Å². The molecule has 1 fully saturated rings. The van der Waals surface area contributed by atoms with Crippen LogP contribution in [-0.4, -0.2) is 32.3 Å². The first-order valence-electron chi connectivity index (χ1n) is 9.36. The number of amides is 1. The third-order valence-electron chi connectivity index (χ3n) is 4.92. The topological polar surface area (TPSA) is 66.5 Å². The highest BCUT2D eigenvalue weighted by Gasteiger charge is 2.21. The molecule has 0 spiro atoms. The maximum atomic E-state index is 12.8. The Balaban J connectivity index is 1.85. The van der Waals surface area contributed by atoms with Crippen LogP contribution < -0.4 is 4.72 Å². The Kier molecular flexibility index (Phi) is 5.85. The van der Waals surface area contributed by atoms with Crippen LogP contribution in [0.2, 0.25) is 0 Å². The second-order valence-electron chi connectivity index (χ2n) is 7.16. The van der Waals surface area contributed by atoms with Crippen molar-refractivity contribution in [2.75, 3.05) is 17.8 Å². The summed E-state index contributed by atoms with van der Waals surface area (Å²) < 4.78 is 28.3. The van der Waals surface area contributed by atoms with Gasteiger partial charge in [0.1, 0.15) is 0 Å². The van der Waals surface area contributed by atoms with E-state index in [0.717, 1.165) is 49.9 Å². The minimum absolute atomic E-state index is 0.0966. The molecule has 144 valence electrons. The molecule has 1 aliphatic heterocycles. The Hall–Kier alpha value is -2.34. The highest BCUT2D eigenvalue weighted by molar-refractivity contribution is 7.92. The van der Waals surface area contributed by atoms with Gasteiger partial charge in [-0.05, 0) is 62.1 Å². The number of hydrogen-bond donors (Lipinski definition) is 1. The smallest absolute Gasteiger partial charge is 0.261 e. The highest BCUT2D eigenvalue weighted by atomic mass is 32.2. The fraction of sp³-hybridized carbons (Fsp3) is 0.381. The SMILES string of the molecule is Cc1ccc(C)c(NS(=O)(=O)c2cccc(C(=O)N3CCCCCC3)c2)c1. The summed E-state index contributed by atoms with van der Waals surface area (Å²) in [6.07, 6.45) is 4.27. The van der Waals surface area contributed by atoms with Crippen LogP contribution in [0.5, 0.6) is 0 Å².